The average Bonchev–Trinajstić information content (AvgIpc) is 3.13. The minimum absolute atomic E-state index is 0.139. The SMILES string of the molecule is CC(C)c1ccc(OC(C)(C(=O)O)C2CC2)cc1. The molecule has 18 heavy (non-hydrogen) atoms. The van der Waals surface area contributed by atoms with Crippen LogP contribution in [0.2, 0.25) is 0 Å². The maximum Gasteiger partial charge on any atom is 0.348 e. The number of rotatable bonds is 5. The van der Waals surface area contributed by atoms with Gasteiger partial charge >= 0.3 is 5.97 Å². The van der Waals surface area contributed by atoms with Gasteiger partial charge in [-0.25, -0.2) is 4.79 Å². The smallest absolute Gasteiger partial charge is 0.348 e. The molecule has 0 aliphatic heterocycles. The van der Waals surface area contributed by atoms with E-state index in [4.69, 9.17) is 4.74 Å². The molecule has 0 amide bonds. The fourth-order valence-electron chi connectivity index (χ4n) is 2.10. The molecule has 1 atom stereocenters. The molecule has 1 unspecified atom stereocenters. The fraction of sp³-hybridized carbons (Fsp3) is 0.533. The molecule has 3 nitrogen and oxygen atoms in total. The van der Waals surface area contributed by atoms with Crippen LogP contribution < -0.4 is 4.74 Å². The third-order valence-electron chi connectivity index (χ3n) is 3.66. The Morgan fingerprint density at radius 1 is 1.33 bits per heavy atom. The molecule has 0 radical (unpaired) electrons. The highest BCUT2D eigenvalue weighted by Crippen LogP contribution is 2.42. The molecule has 1 saturated carbocycles. The van der Waals surface area contributed by atoms with Crippen molar-refractivity contribution in [2.24, 2.45) is 5.92 Å². The summed E-state index contributed by atoms with van der Waals surface area (Å²) in [5.41, 5.74) is 0.144. The second-order valence-corrected chi connectivity index (χ2v) is 5.51. The lowest BCUT2D eigenvalue weighted by Crippen LogP contribution is -2.43. The molecule has 0 saturated heterocycles. The van der Waals surface area contributed by atoms with E-state index in [1.807, 2.05) is 24.3 Å². The molecule has 2 rings (SSSR count). The van der Waals surface area contributed by atoms with Crippen LogP contribution in [0.1, 0.15) is 45.1 Å². The first-order valence-electron chi connectivity index (χ1n) is 6.46. The molecule has 1 aliphatic rings. The van der Waals surface area contributed by atoms with E-state index >= 15 is 0 Å². The Hall–Kier alpha value is -1.51. The molecule has 1 N–H and O–H groups in total. The molecule has 3 heteroatoms. The zero-order valence-electron chi connectivity index (χ0n) is 11.1. The maximum atomic E-state index is 11.4. The van der Waals surface area contributed by atoms with Gasteiger partial charge in [-0.3, -0.25) is 0 Å². The van der Waals surface area contributed by atoms with Gasteiger partial charge in [0.2, 0.25) is 5.60 Å². The van der Waals surface area contributed by atoms with Crippen LogP contribution in [-0.4, -0.2) is 16.7 Å². The summed E-state index contributed by atoms with van der Waals surface area (Å²) in [6.07, 6.45) is 1.87. The van der Waals surface area contributed by atoms with Crippen molar-refractivity contribution in [3.05, 3.63) is 29.8 Å². The minimum atomic E-state index is -1.08. The number of benzene rings is 1. The molecule has 98 valence electrons. The molecule has 0 aromatic heterocycles. The summed E-state index contributed by atoms with van der Waals surface area (Å²) < 4.78 is 5.72. The van der Waals surface area contributed by atoms with Crippen LogP contribution >= 0.6 is 0 Å². The van der Waals surface area contributed by atoms with Crippen LogP contribution in [0.5, 0.6) is 5.75 Å². The standard InChI is InChI=1S/C15H20O3/c1-10(2)11-4-8-13(9-5-11)18-15(3,14(16)17)12-6-7-12/h4-5,8-10,12H,6-7H2,1-3H3,(H,16,17). The van der Waals surface area contributed by atoms with E-state index in [2.05, 4.69) is 13.8 Å². The Bertz CT molecular complexity index is 432. The highest BCUT2D eigenvalue weighted by atomic mass is 16.5. The summed E-state index contributed by atoms with van der Waals surface area (Å²) in [6, 6.07) is 7.71. The Morgan fingerprint density at radius 3 is 2.28 bits per heavy atom. The molecule has 0 bridgehead atoms. The quantitative estimate of drug-likeness (QED) is 0.868. The summed E-state index contributed by atoms with van der Waals surface area (Å²) >= 11 is 0. The van der Waals surface area contributed by atoms with E-state index in [0.717, 1.165) is 12.8 Å². The van der Waals surface area contributed by atoms with Crippen molar-refractivity contribution in [3.8, 4) is 5.75 Å². The molecule has 1 aromatic rings. The van der Waals surface area contributed by atoms with Crippen molar-refractivity contribution in [1.82, 2.24) is 0 Å². The number of carboxylic acids is 1. The van der Waals surface area contributed by atoms with Gasteiger partial charge in [0.25, 0.3) is 0 Å². The van der Waals surface area contributed by atoms with Gasteiger partial charge < -0.3 is 9.84 Å². The Balaban J connectivity index is 2.14. The lowest BCUT2D eigenvalue weighted by molar-refractivity contribution is -0.155. The average molecular weight is 248 g/mol. The Labute approximate surface area is 108 Å². The third kappa shape index (κ3) is 2.50. The van der Waals surface area contributed by atoms with Crippen molar-refractivity contribution in [2.75, 3.05) is 0 Å². The highest BCUT2D eigenvalue weighted by molar-refractivity contribution is 5.78. The second kappa shape index (κ2) is 4.63. The predicted molar refractivity (Wildman–Crippen MR) is 69.9 cm³/mol. The van der Waals surface area contributed by atoms with Gasteiger partial charge in [-0.05, 0) is 43.4 Å². The van der Waals surface area contributed by atoms with Crippen molar-refractivity contribution in [2.45, 2.75) is 45.1 Å². The van der Waals surface area contributed by atoms with Gasteiger partial charge in [0, 0.05) is 5.92 Å². The zero-order chi connectivity index (χ0) is 13.3. The summed E-state index contributed by atoms with van der Waals surface area (Å²) in [6.45, 7) is 5.92. The molecule has 0 spiro atoms. The predicted octanol–water partition coefficient (Wildman–Crippen LogP) is 3.44. The van der Waals surface area contributed by atoms with Crippen molar-refractivity contribution < 1.29 is 14.6 Å². The van der Waals surface area contributed by atoms with Gasteiger partial charge in [-0.1, -0.05) is 26.0 Å². The van der Waals surface area contributed by atoms with Gasteiger partial charge in [-0.2, -0.15) is 0 Å². The molecular formula is C15H20O3. The first kappa shape index (κ1) is 12.9. The number of hydrogen-bond acceptors (Lipinski definition) is 2. The van der Waals surface area contributed by atoms with E-state index in [0.29, 0.717) is 11.7 Å². The lowest BCUT2D eigenvalue weighted by Gasteiger charge is -2.26. The zero-order valence-corrected chi connectivity index (χ0v) is 11.1. The topological polar surface area (TPSA) is 46.5 Å². The number of aliphatic carboxylic acids is 1. The van der Waals surface area contributed by atoms with Crippen LogP contribution in [0.3, 0.4) is 0 Å². The van der Waals surface area contributed by atoms with Crippen LogP contribution in [-0.2, 0) is 4.79 Å². The number of ether oxygens (including phenoxy) is 1. The van der Waals surface area contributed by atoms with Gasteiger partial charge in [0.05, 0.1) is 0 Å². The Kier molecular flexibility index (Phi) is 3.33. The number of carboxylic acid groups (broad SMARTS) is 1. The largest absolute Gasteiger partial charge is 0.478 e. The molecule has 1 fully saturated rings. The number of carbonyl (C=O) groups is 1. The summed E-state index contributed by atoms with van der Waals surface area (Å²) in [5, 5.41) is 9.32. The number of hydrogen-bond donors (Lipinski definition) is 1. The monoisotopic (exact) mass is 248 g/mol. The van der Waals surface area contributed by atoms with Gasteiger partial charge in [-0.15, -0.1) is 0 Å². The highest BCUT2D eigenvalue weighted by Gasteiger charge is 2.49. The molecule has 0 heterocycles. The second-order valence-electron chi connectivity index (χ2n) is 5.51. The van der Waals surface area contributed by atoms with E-state index in [9.17, 15) is 9.90 Å². The third-order valence-corrected chi connectivity index (χ3v) is 3.66. The van der Waals surface area contributed by atoms with E-state index in [-0.39, 0.29) is 5.92 Å². The van der Waals surface area contributed by atoms with Gasteiger partial charge in [0.1, 0.15) is 5.75 Å². The molecule has 1 aliphatic carbocycles. The van der Waals surface area contributed by atoms with Crippen LogP contribution in [0, 0.1) is 5.92 Å². The first-order chi connectivity index (χ1) is 8.43. The van der Waals surface area contributed by atoms with Gasteiger partial charge in [0.15, 0.2) is 0 Å². The van der Waals surface area contributed by atoms with Crippen LogP contribution in [0.15, 0.2) is 24.3 Å². The van der Waals surface area contributed by atoms with Crippen molar-refractivity contribution >= 4 is 5.97 Å². The molecular weight excluding hydrogens is 228 g/mol. The normalized spacial score (nSPS) is 18.4. The minimum Gasteiger partial charge on any atom is -0.478 e. The molecule has 1 aromatic carbocycles. The van der Waals surface area contributed by atoms with Crippen LogP contribution in [0.4, 0.5) is 0 Å². The fourth-order valence-corrected chi connectivity index (χ4v) is 2.10. The van der Waals surface area contributed by atoms with E-state index in [1.54, 1.807) is 6.92 Å². The Morgan fingerprint density at radius 2 is 1.89 bits per heavy atom. The first-order valence-corrected chi connectivity index (χ1v) is 6.46. The lowest BCUT2D eigenvalue weighted by atomic mass is 10.00. The van der Waals surface area contributed by atoms with Crippen LogP contribution in [0.25, 0.3) is 0 Å². The van der Waals surface area contributed by atoms with E-state index < -0.39 is 11.6 Å². The van der Waals surface area contributed by atoms with Crippen molar-refractivity contribution in [1.29, 1.82) is 0 Å². The summed E-state index contributed by atoms with van der Waals surface area (Å²) in [7, 11) is 0. The summed E-state index contributed by atoms with van der Waals surface area (Å²) in [4.78, 5) is 11.4. The summed E-state index contributed by atoms with van der Waals surface area (Å²) in [5.74, 6) is 0.363. The maximum absolute atomic E-state index is 11.4. The van der Waals surface area contributed by atoms with Crippen molar-refractivity contribution in [3.63, 3.8) is 0 Å². The van der Waals surface area contributed by atoms with E-state index in [1.165, 1.54) is 5.56 Å².